The smallest absolute Gasteiger partial charge is 0.298 e. The van der Waals surface area contributed by atoms with Crippen LogP contribution in [0.25, 0.3) is 0 Å². The lowest BCUT2D eigenvalue weighted by atomic mass is 10.1. The molecule has 0 fully saturated rings. The third-order valence-corrected chi connectivity index (χ3v) is 5.51. The topological polar surface area (TPSA) is 134 Å². The summed E-state index contributed by atoms with van der Waals surface area (Å²) in [5, 5.41) is 5.99. The zero-order chi connectivity index (χ0) is 26.8. The van der Waals surface area contributed by atoms with Crippen LogP contribution in [-0.2, 0) is 22.4 Å². The van der Waals surface area contributed by atoms with Crippen LogP contribution in [0.1, 0.15) is 41.3 Å². The molecule has 1 atom stereocenters. The number of likely N-dealkylation sites (N-methyl/N-ethyl adjacent to an activating group) is 1. The van der Waals surface area contributed by atoms with Crippen molar-refractivity contribution >= 4 is 29.2 Å². The molecule has 0 bridgehead atoms. The number of hydrogen-bond donors (Lipinski definition) is 3. The second-order valence-corrected chi connectivity index (χ2v) is 8.67. The van der Waals surface area contributed by atoms with Gasteiger partial charge in [-0.1, -0.05) is 25.0 Å². The van der Waals surface area contributed by atoms with Gasteiger partial charge < -0.3 is 21.3 Å². The number of nitrogens with one attached hydrogen (secondary N) is 2. The van der Waals surface area contributed by atoms with E-state index in [1.54, 1.807) is 14.0 Å². The quantitative estimate of drug-likeness (QED) is 0.424. The number of anilines is 2. The molecule has 0 radical (unpaired) electrons. The number of nitrogens with two attached hydrogens (primary N) is 1. The Morgan fingerprint density at radius 3 is 2.53 bits per heavy atom. The summed E-state index contributed by atoms with van der Waals surface area (Å²) >= 11 is 0. The van der Waals surface area contributed by atoms with Crippen molar-refractivity contribution in [2.75, 3.05) is 39.5 Å². The molecule has 1 aromatic carbocycles. The van der Waals surface area contributed by atoms with Crippen LogP contribution in [0.15, 0.2) is 24.3 Å². The second kappa shape index (κ2) is 13.2. The molecule has 0 saturated carbocycles. The number of carbonyl (C=O) groups excluding carboxylic acids is 3. The first-order valence-corrected chi connectivity index (χ1v) is 11.7. The Labute approximate surface area is 212 Å². The Morgan fingerprint density at radius 2 is 1.89 bits per heavy atom. The van der Waals surface area contributed by atoms with Gasteiger partial charge in [0.15, 0.2) is 11.5 Å². The highest BCUT2D eigenvalue weighted by molar-refractivity contribution is 5.97. The van der Waals surface area contributed by atoms with Crippen molar-refractivity contribution in [3.8, 4) is 11.8 Å². The van der Waals surface area contributed by atoms with Gasteiger partial charge in [-0.05, 0) is 64.4 Å². The molecule has 36 heavy (non-hydrogen) atoms. The highest BCUT2D eigenvalue weighted by Gasteiger charge is 2.21. The molecule has 1 heterocycles. The fourth-order valence-electron chi connectivity index (χ4n) is 3.28. The molecule has 0 unspecified atom stereocenters. The van der Waals surface area contributed by atoms with Crippen molar-refractivity contribution in [1.82, 2.24) is 25.1 Å². The lowest BCUT2D eigenvalue weighted by molar-refractivity contribution is -0.134. The summed E-state index contributed by atoms with van der Waals surface area (Å²) in [6, 6.07) is 6.90. The highest BCUT2D eigenvalue weighted by atomic mass is 16.2. The first kappa shape index (κ1) is 28.3. The van der Waals surface area contributed by atoms with Crippen LogP contribution in [-0.4, -0.2) is 77.8 Å². The molecule has 2 aromatic rings. The molecule has 0 aliphatic heterocycles. The number of amides is 3. The summed E-state index contributed by atoms with van der Waals surface area (Å²) in [5.41, 5.74) is 8.73. The summed E-state index contributed by atoms with van der Waals surface area (Å²) in [5.74, 6) is 4.31. The predicted octanol–water partition coefficient (Wildman–Crippen LogP) is 1.26. The van der Waals surface area contributed by atoms with Crippen LogP contribution in [0, 0.1) is 18.8 Å². The van der Waals surface area contributed by atoms with Gasteiger partial charge in [0.25, 0.3) is 11.8 Å². The van der Waals surface area contributed by atoms with Gasteiger partial charge in [-0.3, -0.25) is 19.3 Å². The number of rotatable bonds is 10. The summed E-state index contributed by atoms with van der Waals surface area (Å²) in [6.07, 6.45) is 1.21. The van der Waals surface area contributed by atoms with E-state index in [4.69, 9.17) is 5.73 Å². The van der Waals surface area contributed by atoms with Gasteiger partial charge >= 0.3 is 0 Å². The molecular weight excluding hydrogens is 458 g/mol. The fraction of sp³-hybridized carbons (Fsp3) is 0.423. The first-order valence-electron chi connectivity index (χ1n) is 11.7. The molecule has 1 aromatic heterocycles. The van der Waals surface area contributed by atoms with E-state index in [2.05, 4.69) is 32.4 Å². The van der Waals surface area contributed by atoms with Crippen molar-refractivity contribution in [2.24, 2.45) is 5.73 Å². The van der Waals surface area contributed by atoms with E-state index >= 15 is 0 Å². The van der Waals surface area contributed by atoms with E-state index in [1.807, 2.05) is 57.1 Å². The number of nitrogens with zero attached hydrogens (tertiary/aromatic N) is 4. The van der Waals surface area contributed by atoms with E-state index < -0.39 is 17.9 Å². The maximum atomic E-state index is 12.5. The Hall–Kier alpha value is -3.97. The molecule has 0 saturated heterocycles. The molecule has 0 aliphatic carbocycles. The minimum Gasteiger partial charge on any atom is -0.364 e. The van der Waals surface area contributed by atoms with E-state index in [9.17, 15) is 14.4 Å². The molecule has 2 rings (SSSR count). The monoisotopic (exact) mass is 493 g/mol. The Kier molecular flexibility index (Phi) is 10.4. The van der Waals surface area contributed by atoms with Crippen LogP contribution in [0.5, 0.6) is 0 Å². The summed E-state index contributed by atoms with van der Waals surface area (Å²) in [6.45, 7) is 6.29. The lowest BCUT2D eigenvalue weighted by Crippen LogP contribution is -2.46. The van der Waals surface area contributed by atoms with E-state index in [0.717, 1.165) is 17.0 Å². The van der Waals surface area contributed by atoms with Crippen LogP contribution in [0.3, 0.4) is 0 Å². The van der Waals surface area contributed by atoms with E-state index in [1.165, 1.54) is 4.90 Å². The lowest BCUT2D eigenvalue weighted by Gasteiger charge is -2.22. The third kappa shape index (κ3) is 8.06. The van der Waals surface area contributed by atoms with Gasteiger partial charge in [0.2, 0.25) is 5.91 Å². The Morgan fingerprint density at radius 1 is 1.17 bits per heavy atom. The standard InChI is InChI=1S/C26H35N7O3/c1-7-21-17(2)29-25(23(31-21)24(27)35)30-20-11-8-10-19(16-20)13-14-28-26(36)18(3)33(6)22(34)12-9-15-32(4)5/h8,10-11,16,18H,7,13-15H2,1-6H3,(H2,27,35)(H,28,36)(H,29,30)/t18-/m0/s1. The number of benzene rings is 1. The van der Waals surface area contributed by atoms with Gasteiger partial charge in [0.1, 0.15) is 6.04 Å². The zero-order valence-electron chi connectivity index (χ0n) is 21.8. The molecule has 4 N–H and O–H groups in total. The minimum absolute atomic E-state index is 0.0918. The van der Waals surface area contributed by atoms with Crippen LogP contribution in [0.2, 0.25) is 0 Å². The molecular formula is C26H35N7O3. The van der Waals surface area contributed by atoms with Gasteiger partial charge in [-0.25, -0.2) is 9.97 Å². The summed E-state index contributed by atoms with van der Waals surface area (Å²) in [7, 11) is 5.29. The Bertz CT molecular complexity index is 1170. The van der Waals surface area contributed by atoms with Gasteiger partial charge in [0, 0.05) is 19.3 Å². The summed E-state index contributed by atoms with van der Waals surface area (Å²) in [4.78, 5) is 48.6. The third-order valence-electron chi connectivity index (χ3n) is 5.51. The number of hydrogen-bond acceptors (Lipinski definition) is 7. The highest BCUT2D eigenvalue weighted by Crippen LogP contribution is 2.20. The summed E-state index contributed by atoms with van der Waals surface area (Å²) < 4.78 is 0. The molecule has 192 valence electrons. The van der Waals surface area contributed by atoms with E-state index in [0.29, 0.717) is 37.4 Å². The Balaban J connectivity index is 1.98. The fourth-order valence-corrected chi connectivity index (χ4v) is 3.28. The van der Waals surface area contributed by atoms with Crippen molar-refractivity contribution in [3.63, 3.8) is 0 Å². The molecule has 0 aliphatic rings. The van der Waals surface area contributed by atoms with Gasteiger partial charge in [-0.2, -0.15) is 0 Å². The maximum Gasteiger partial charge on any atom is 0.298 e. The number of carbonyl (C=O) groups is 3. The molecule has 0 spiro atoms. The second-order valence-electron chi connectivity index (χ2n) is 8.67. The normalized spacial score (nSPS) is 11.3. The number of aryl methyl sites for hydroxylation is 2. The largest absolute Gasteiger partial charge is 0.364 e. The molecule has 10 nitrogen and oxygen atoms in total. The average Bonchev–Trinajstić information content (AvgIpc) is 2.82. The van der Waals surface area contributed by atoms with Gasteiger partial charge in [0.05, 0.1) is 17.9 Å². The SMILES string of the molecule is CCc1nc(C(N)=O)c(Nc2cccc(CCNC(=O)[C@H](C)N(C)C(=O)C#CCN(C)C)c2)nc1C. The van der Waals surface area contributed by atoms with Crippen molar-refractivity contribution < 1.29 is 14.4 Å². The molecule has 3 amide bonds. The molecule has 10 heteroatoms. The van der Waals surface area contributed by atoms with Crippen molar-refractivity contribution in [1.29, 1.82) is 0 Å². The minimum atomic E-state index is -0.653. The first-order chi connectivity index (χ1) is 17.0. The van der Waals surface area contributed by atoms with Gasteiger partial charge in [-0.15, -0.1) is 0 Å². The zero-order valence-corrected chi connectivity index (χ0v) is 21.8. The van der Waals surface area contributed by atoms with Crippen LogP contribution in [0.4, 0.5) is 11.5 Å². The number of primary amides is 1. The van der Waals surface area contributed by atoms with Crippen molar-refractivity contribution in [3.05, 3.63) is 46.9 Å². The maximum absolute atomic E-state index is 12.5. The predicted molar refractivity (Wildman–Crippen MR) is 140 cm³/mol. The van der Waals surface area contributed by atoms with Crippen molar-refractivity contribution in [2.45, 2.75) is 39.7 Å². The number of aromatic nitrogens is 2. The average molecular weight is 494 g/mol. The van der Waals surface area contributed by atoms with Crippen LogP contribution >= 0.6 is 0 Å². The van der Waals surface area contributed by atoms with Crippen LogP contribution < -0.4 is 16.4 Å². The van der Waals surface area contributed by atoms with E-state index in [-0.39, 0.29) is 11.6 Å².